The summed E-state index contributed by atoms with van der Waals surface area (Å²) in [7, 11) is 0. The lowest BCUT2D eigenvalue weighted by atomic mass is 9.44. The minimum Gasteiger partial charge on any atom is -0.494 e. The Hall–Kier alpha value is -2.05. The molecule has 4 aliphatic carbocycles. The van der Waals surface area contributed by atoms with Crippen LogP contribution in [0.4, 0.5) is 0 Å². The Morgan fingerprint density at radius 3 is 2.49 bits per heavy atom. The SMILES string of the molecule is CC(=O)OCCCCC1=C(C)[C@@H]2[C@H](C[C@@H]3[C@@H]4CC[C@H]5C[C@H](OC(=O)CCC(=O)O)CC[C@]5(C)[C@@H]4CC[C@@]32C)O1. The zero-order valence-corrected chi connectivity index (χ0v) is 24.3. The lowest BCUT2D eigenvalue weighted by Gasteiger charge is -2.61. The van der Waals surface area contributed by atoms with Crippen LogP contribution in [0, 0.1) is 40.4 Å². The Labute approximate surface area is 233 Å². The molecule has 0 spiro atoms. The number of unbranched alkanes of at least 4 members (excludes halogenated alkanes) is 1. The molecule has 5 aliphatic rings. The maximum Gasteiger partial charge on any atom is 0.306 e. The Bertz CT molecular complexity index is 1000. The molecule has 39 heavy (non-hydrogen) atoms. The van der Waals surface area contributed by atoms with Crippen LogP contribution in [0.3, 0.4) is 0 Å². The van der Waals surface area contributed by atoms with Gasteiger partial charge in [0, 0.05) is 19.3 Å². The first-order valence-electron chi connectivity index (χ1n) is 15.4. The largest absolute Gasteiger partial charge is 0.494 e. The van der Waals surface area contributed by atoms with Gasteiger partial charge >= 0.3 is 17.9 Å². The number of hydrogen-bond acceptors (Lipinski definition) is 6. The standard InChI is InChI=1S/C32H48O7/c1-19-26(7-5-6-16-37-20(2)33)39-27-18-25-23-9-8-21-17-22(38-29(36)11-10-28(34)35)12-14-31(21,3)24(23)13-15-32(25,4)30(19)27/h21-25,27,30H,5-18H2,1-4H3,(H,34,35)/t21-,22+,23+,24+,25+,27-,30+,31-,32-/m0/s1. The van der Waals surface area contributed by atoms with Crippen molar-refractivity contribution < 1.29 is 33.7 Å². The van der Waals surface area contributed by atoms with E-state index in [-0.39, 0.29) is 30.9 Å². The molecule has 0 amide bonds. The van der Waals surface area contributed by atoms with Crippen LogP contribution in [-0.2, 0) is 28.6 Å². The molecule has 7 heteroatoms. The molecule has 7 nitrogen and oxygen atoms in total. The van der Waals surface area contributed by atoms with Crippen LogP contribution in [0.25, 0.3) is 0 Å². The molecule has 9 atom stereocenters. The molecule has 0 aromatic rings. The fourth-order valence-corrected chi connectivity index (χ4v) is 9.97. The van der Waals surface area contributed by atoms with Crippen molar-refractivity contribution in [3.63, 3.8) is 0 Å². The van der Waals surface area contributed by atoms with Crippen LogP contribution >= 0.6 is 0 Å². The minimum atomic E-state index is -0.953. The van der Waals surface area contributed by atoms with Crippen molar-refractivity contribution >= 4 is 17.9 Å². The normalized spacial score (nSPS) is 40.6. The van der Waals surface area contributed by atoms with Gasteiger partial charge in [-0.15, -0.1) is 0 Å². The van der Waals surface area contributed by atoms with Crippen molar-refractivity contribution in [2.45, 2.75) is 123 Å². The number of fused-ring (bicyclic) bond motifs is 7. The molecule has 0 aromatic carbocycles. The van der Waals surface area contributed by atoms with E-state index >= 15 is 0 Å². The van der Waals surface area contributed by atoms with E-state index in [0.29, 0.717) is 41.3 Å². The van der Waals surface area contributed by atoms with Gasteiger partial charge in [0.25, 0.3) is 0 Å². The average Bonchev–Trinajstić information content (AvgIpc) is 3.35. The molecule has 1 heterocycles. The quantitative estimate of drug-likeness (QED) is 0.263. The van der Waals surface area contributed by atoms with Crippen molar-refractivity contribution in [2.75, 3.05) is 6.61 Å². The predicted molar refractivity (Wildman–Crippen MR) is 145 cm³/mol. The fraction of sp³-hybridized carbons (Fsp3) is 0.844. The number of hydrogen-bond donors (Lipinski definition) is 1. The average molecular weight is 545 g/mol. The molecular weight excluding hydrogens is 496 g/mol. The lowest BCUT2D eigenvalue weighted by Crippen LogP contribution is -2.54. The second-order valence-corrected chi connectivity index (χ2v) is 13.8. The van der Waals surface area contributed by atoms with Crippen LogP contribution < -0.4 is 0 Å². The van der Waals surface area contributed by atoms with Gasteiger partial charge in [0.15, 0.2) is 0 Å². The first-order valence-corrected chi connectivity index (χ1v) is 15.4. The summed E-state index contributed by atoms with van der Waals surface area (Å²) in [4.78, 5) is 34.0. The van der Waals surface area contributed by atoms with Crippen molar-refractivity contribution in [2.24, 2.45) is 40.4 Å². The summed E-state index contributed by atoms with van der Waals surface area (Å²) in [5.74, 6) is 2.94. The fourth-order valence-electron chi connectivity index (χ4n) is 9.97. The van der Waals surface area contributed by atoms with Gasteiger partial charge in [-0.3, -0.25) is 14.4 Å². The number of carbonyl (C=O) groups is 3. The highest BCUT2D eigenvalue weighted by molar-refractivity contribution is 5.76. The van der Waals surface area contributed by atoms with Gasteiger partial charge < -0.3 is 19.3 Å². The third-order valence-electron chi connectivity index (χ3n) is 11.8. The molecule has 218 valence electrons. The smallest absolute Gasteiger partial charge is 0.306 e. The van der Waals surface area contributed by atoms with E-state index in [1.807, 2.05) is 0 Å². The van der Waals surface area contributed by atoms with E-state index < -0.39 is 5.97 Å². The highest BCUT2D eigenvalue weighted by Gasteiger charge is 2.64. The molecular formula is C32H48O7. The Morgan fingerprint density at radius 2 is 1.74 bits per heavy atom. The van der Waals surface area contributed by atoms with Gasteiger partial charge in [-0.2, -0.15) is 0 Å². The molecule has 5 rings (SSSR count). The van der Waals surface area contributed by atoms with Crippen molar-refractivity contribution in [3.05, 3.63) is 11.3 Å². The zero-order chi connectivity index (χ0) is 27.9. The van der Waals surface area contributed by atoms with Crippen LogP contribution in [0.5, 0.6) is 0 Å². The van der Waals surface area contributed by atoms with E-state index in [9.17, 15) is 14.4 Å². The van der Waals surface area contributed by atoms with Crippen molar-refractivity contribution in [1.29, 1.82) is 0 Å². The summed E-state index contributed by atoms with van der Waals surface area (Å²) in [6.07, 6.45) is 12.0. The molecule has 4 fully saturated rings. The maximum atomic E-state index is 12.2. The predicted octanol–water partition coefficient (Wildman–Crippen LogP) is 6.44. The number of carboxylic acid groups (broad SMARTS) is 1. The number of ether oxygens (including phenoxy) is 3. The van der Waals surface area contributed by atoms with Crippen LogP contribution in [-0.4, -0.2) is 41.8 Å². The summed E-state index contributed by atoms with van der Waals surface area (Å²) in [6, 6.07) is 0. The molecule has 1 aliphatic heterocycles. The van der Waals surface area contributed by atoms with Crippen LogP contribution in [0.1, 0.15) is 111 Å². The molecule has 0 saturated heterocycles. The molecule has 1 N–H and O–H groups in total. The van der Waals surface area contributed by atoms with Crippen molar-refractivity contribution in [3.8, 4) is 0 Å². The molecule has 0 unspecified atom stereocenters. The monoisotopic (exact) mass is 544 g/mol. The number of allylic oxidation sites excluding steroid dienone is 1. The van der Waals surface area contributed by atoms with E-state index in [4.69, 9.17) is 19.3 Å². The summed E-state index contributed by atoms with van der Waals surface area (Å²) in [6.45, 7) is 9.33. The van der Waals surface area contributed by atoms with E-state index in [2.05, 4.69) is 20.8 Å². The zero-order valence-electron chi connectivity index (χ0n) is 24.3. The summed E-state index contributed by atoms with van der Waals surface area (Å²) in [5, 5.41) is 8.87. The van der Waals surface area contributed by atoms with Gasteiger partial charge in [-0.1, -0.05) is 13.8 Å². The highest BCUT2D eigenvalue weighted by atomic mass is 16.5. The summed E-state index contributed by atoms with van der Waals surface area (Å²) >= 11 is 0. The topological polar surface area (TPSA) is 99.1 Å². The third kappa shape index (κ3) is 5.36. The van der Waals surface area contributed by atoms with E-state index in [1.54, 1.807) is 0 Å². The van der Waals surface area contributed by atoms with Gasteiger partial charge in [0.1, 0.15) is 12.2 Å². The van der Waals surface area contributed by atoms with E-state index in [1.165, 1.54) is 50.4 Å². The van der Waals surface area contributed by atoms with Gasteiger partial charge in [-0.05, 0) is 111 Å². The van der Waals surface area contributed by atoms with Gasteiger partial charge in [-0.25, -0.2) is 0 Å². The second kappa shape index (κ2) is 11.1. The minimum absolute atomic E-state index is 0.0347. The lowest BCUT2D eigenvalue weighted by molar-refractivity contribution is -0.163. The Morgan fingerprint density at radius 1 is 0.974 bits per heavy atom. The maximum absolute atomic E-state index is 12.2. The molecule has 0 radical (unpaired) electrons. The second-order valence-electron chi connectivity index (χ2n) is 13.8. The highest BCUT2D eigenvalue weighted by Crippen LogP contribution is 2.69. The van der Waals surface area contributed by atoms with Crippen LogP contribution in [0.2, 0.25) is 0 Å². The van der Waals surface area contributed by atoms with E-state index in [0.717, 1.165) is 50.4 Å². The molecule has 4 saturated carbocycles. The van der Waals surface area contributed by atoms with Gasteiger partial charge in [0.05, 0.1) is 25.2 Å². The first kappa shape index (κ1) is 28.5. The van der Waals surface area contributed by atoms with Crippen LogP contribution in [0.15, 0.2) is 11.3 Å². The van der Waals surface area contributed by atoms with Crippen molar-refractivity contribution in [1.82, 2.24) is 0 Å². The number of esters is 2. The summed E-state index contributed by atoms with van der Waals surface area (Å²) < 4.78 is 17.5. The third-order valence-corrected chi connectivity index (χ3v) is 11.8. The number of aliphatic carboxylic acids is 1. The number of carboxylic acids is 1. The van der Waals surface area contributed by atoms with Gasteiger partial charge in [0.2, 0.25) is 0 Å². The molecule has 0 aromatic heterocycles. The summed E-state index contributed by atoms with van der Waals surface area (Å²) in [5.41, 5.74) is 2.07. The number of rotatable bonds is 9. The first-order chi connectivity index (χ1) is 18.5. The number of carbonyl (C=O) groups excluding carboxylic acids is 2. The Kier molecular flexibility index (Phi) is 8.09. The molecule has 0 bridgehead atoms. The Balaban J connectivity index is 1.20.